The second-order valence-corrected chi connectivity index (χ2v) is 9.00. The maximum Gasteiger partial charge on any atom is 0.156 e. The number of nitrogens with one attached hydrogen (secondary N) is 1. The van der Waals surface area contributed by atoms with Gasteiger partial charge in [-0.1, -0.05) is 36.2 Å². The molecule has 1 aromatic heterocycles. The maximum absolute atomic E-state index is 6.34. The molecule has 6 heteroatoms. The van der Waals surface area contributed by atoms with E-state index >= 15 is 0 Å². The first kappa shape index (κ1) is 21.0. The molecular weight excluding hydrogens is 435 g/mol. The van der Waals surface area contributed by atoms with Crippen molar-refractivity contribution in [1.82, 2.24) is 4.98 Å². The van der Waals surface area contributed by atoms with Gasteiger partial charge in [0.15, 0.2) is 5.75 Å². The Hall–Kier alpha value is -2.27. The third-order valence-electron chi connectivity index (χ3n) is 4.68. The number of hydrogen-bond donors (Lipinski definition) is 1. The van der Waals surface area contributed by atoms with Crippen LogP contribution < -0.4 is 10.1 Å². The van der Waals surface area contributed by atoms with Crippen molar-refractivity contribution in [3.8, 4) is 16.3 Å². The predicted octanol–water partition coefficient (Wildman–Crippen LogP) is 7.98. The molecule has 0 atom stereocenters. The Morgan fingerprint density at radius 1 is 1.00 bits per heavy atom. The molecule has 4 aromatic rings. The molecule has 0 fully saturated rings. The van der Waals surface area contributed by atoms with Gasteiger partial charge in [0.1, 0.15) is 5.01 Å². The zero-order valence-electron chi connectivity index (χ0n) is 16.8. The number of ether oxygens (including phenoxy) is 1. The molecule has 0 saturated heterocycles. The van der Waals surface area contributed by atoms with Crippen LogP contribution in [0.4, 0.5) is 5.69 Å². The van der Waals surface area contributed by atoms with E-state index < -0.39 is 0 Å². The van der Waals surface area contributed by atoms with Gasteiger partial charge in [-0.2, -0.15) is 0 Å². The van der Waals surface area contributed by atoms with Gasteiger partial charge in [0.25, 0.3) is 0 Å². The van der Waals surface area contributed by atoms with Crippen molar-refractivity contribution in [2.24, 2.45) is 0 Å². The lowest BCUT2D eigenvalue weighted by atomic mass is 10.2. The summed E-state index contributed by atoms with van der Waals surface area (Å²) in [5.41, 5.74) is 5.43. The highest BCUT2D eigenvalue weighted by Gasteiger charge is 2.10. The van der Waals surface area contributed by atoms with E-state index in [9.17, 15) is 0 Å². The molecule has 0 aliphatic carbocycles. The zero-order chi connectivity index (χ0) is 21.1. The zero-order valence-corrected chi connectivity index (χ0v) is 19.2. The number of aryl methyl sites for hydroxylation is 1. The quantitative estimate of drug-likeness (QED) is 0.306. The Kier molecular flexibility index (Phi) is 6.47. The summed E-state index contributed by atoms with van der Waals surface area (Å²) in [5, 5.41) is 5.52. The topological polar surface area (TPSA) is 34.1 Å². The summed E-state index contributed by atoms with van der Waals surface area (Å²) < 4.78 is 6.84. The molecule has 3 nitrogen and oxygen atoms in total. The Morgan fingerprint density at radius 3 is 2.43 bits per heavy atom. The summed E-state index contributed by atoms with van der Waals surface area (Å²) in [6, 6.07) is 18.5. The Labute approximate surface area is 190 Å². The molecular formula is C24H22Cl2N2OS. The van der Waals surface area contributed by atoms with Gasteiger partial charge >= 0.3 is 0 Å². The molecule has 30 heavy (non-hydrogen) atoms. The highest BCUT2D eigenvalue weighted by molar-refractivity contribution is 7.21. The first-order valence-electron chi connectivity index (χ1n) is 9.85. The van der Waals surface area contributed by atoms with Gasteiger partial charge in [0.2, 0.25) is 0 Å². The van der Waals surface area contributed by atoms with Gasteiger partial charge < -0.3 is 10.1 Å². The molecule has 154 valence electrons. The van der Waals surface area contributed by atoms with Crippen LogP contribution in [-0.2, 0) is 6.54 Å². The van der Waals surface area contributed by atoms with Crippen molar-refractivity contribution in [2.45, 2.75) is 26.8 Å². The Bertz CT molecular complexity index is 1150. The second-order valence-electron chi connectivity index (χ2n) is 7.16. The third-order valence-corrected chi connectivity index (χ3v) is 6.31. The SMILES string of the molecule is CCCOc1c(Cl)cc(CNc2ccc(-c3nc4ccc(C)cc4s3)cc2)cc1Cl. The van der Waals surface area contributed by atoms with Crippen LogP contribution in [-0.4, -0.2) is 11.6 Å². The molecule has 0 aliphatic rings. The van der Waals surface area contributed by atoms with E-state index in [1.807, 2.05) is 19.1 Å². The van der Waals surface area contributed by atoms with E-state index in [1.54, 1.807) is 11.3 Å². The Morgan fingerprint density at radius 2 is 1.73 bits per heavy atom. The molecule has 0 spiro atoms. The van der Waals surface area contributed by atoms with Crippen molar-refractivity contribution in [3.63, 3.8) is 0 Å². The highest BCUT2D eigenvalue weighted by Crippen LogP contribution is 2.35. The predicted molar refractivity (Wildman–Crippen MR) is 129 cm³/mol. The number of thiazole rings is 1. The fourth-order valence-electron chi connectivity index (χ4n) is 3.15. The normalized spacial score (nSPS) is 11.1. The summed E-state index contributed by atoms with van der Waals surface area (Å²) >= 11 is 14.4. The van der Waals surface area contributed by atoms with Crippen molar-refractivity contribution in [3.05, 3.63) is 75.8 Å². The number of nitrogens with zero attached hydrogens (tertiary/aromatic N) is 1. The van der Waals surface area contributed by atoms with E-state index in [4.69, 9.17) is 32.9 Å². The first-order valence-corrected chi connectivity index (χ1v) is 11.4. The summed E-state index contributed by atoms with van der Waals surface area (Å²) in [6.45, 7) is 5.36. The maximum atomic E-state index is 6.34. The van der Waals surface area contributed by atoms with Crippen molar-refractivity contribution in [1.29, 1.82) is 0 Å². The number of anilines is 1. The highest BCUT2D eigenvalue weighted by atomic mass is 35.5. The third kappa shape index (κ3) is 4.72. The van der Waals surface area contributed by atoms with E-state index in [-0.39, 0.29) is 0 Å². The summed E-state index contributed by atoms with van der Waals surface area (Å²) in [6.07, 6.45) is 0.905. The molecule has 0 amide bonds. The lowest BCUT2D eigenvalue weighted by molar-refractivity contribution is 0.318. The van der Waals surface area contributed by atoms with Crippen molar-refractivity contribution >= 4 is 50.4 Å². The monoisotopic (exact) mass is 456 g/mol. The van der Waals surface area contributed by atoms with Crippen LogP contribution in [0.3, 0.4) is 0 Å². The largest absolute Gasteiger partial charge is 0.490 e. The summed E-state index contributed by atoms with van der Waals surface area (Å²) in [5.74, 6) is 0.555. The average Bonchev–Trinajstić information content (AvgIpc) is 3.15. The van der Waals surface area contributed by atoms with Gasteiger partial charge in [0, 0.05) is 17.8 Å². The van der Waals surface area contributed by atoms with E-state index in [0.717, 1.165) is 33.8 Å². The van der Waals surface area contributed by atoms with E-state index in [0.29, 0.717) is 28.9 Å². The molecule has 0 radical (unpaired) electrons. The van der Waals surface area contributed by atoms with Crippen LogP contribution in [0.25, 0.3) is 20.8 Å². The Balaban J connectivity index is 1.44. The molecule has 3 aromatic carbocycles. The number of halogens is 2. The van der Waals surface area contributed by atoms with Gasteiger partial charge in [-0.15, -0.1) is 11.3 Å². The summed E-state index contributed by atoms with van der Waals surface area (Å²) in [4.78, 5) is 4.75. The molecule has 0 aliphatic heterocycles. The number of fused-ring (bicyclic) bond motifs is 1. The first-order chi connectivity index (χ1) is 14.5. The van der Waals surface area contributed by atoms with Crippen molar-refractivity contribution in [2.75, 3.05) is 11.9 Å². The van der Waals surface area contributed by atoms with Gasteiger partial charge in [0.05, 0.1) is 26.9 Å². The molecule has 0 saturated carbocycles. The van der Waals surface area contributed by atoms with Crippen LogP contribution in [0.15, 0.2) is 54.6 Å². The minimum absolute atomic E-state index is 0.536. The minimum Gasteiger partial charge on any atom is -0.490 e. The molecule has 1 heterocycles. The molecule has 0 unspecified atom stereocenters. The van der Waals surface area contributed by atoms with Crippen LogP contribution in [0.1, 0.15) is 24.5 Å². The standard InChI is InChI=1S/C24H22Cl2N2OS/c1-3-10-29-23-19(25)12-16(13-20(23)26)14-27-18-7-5-17(6-8-18)24-28-21-9-4-15(2)11-22(21)30-24/h4-9,11-13,27H,3,10,14H2,1-2H3. The fourth-order valence-corrected chi connectivity index (χ4v) is 4.86. The fraction of sp³-hybridized carbons (Fsp3) is 0.208. The van der Waals surface area contributed by atoms with Crippen molar-refractivity contribution < 1.29 is 4.74 Å². The van der Waals surface area contributed by atoms with Gasteiger partial charge in [-0.05, 0) is 73.0 Å². The van der Waals surface area contributed by atoms with Crippen LogP contribution >= 0.6 is 34.5 Å². The lowest BCUT2D eigenvalue weighted by Gasteiger charge is -2.12. The summed E-state index contributed by atoms with van der Waals surface area (Å²) in [7, 11) is 0. The van der Waals surface area contributed by atoms with Crippen LogP contribution in [0.2, 0.25) is 10.0 Å². The molecule has 0 bridgehead atoms. The molecule has 1 N–H and O–H groups in total. The minimum atomic E-state index is 0.536. The smallest absolute Gasteiger partial charge is 0.156 e. The second kappa shape index (κ2) is 9.25. The molecule has 4 rings (SSSR count). The number of aromatic nitrogens is 1. The van der Waals surface area contributed by atoms with Gasteiger partial charge in [-0.3, -0.25) is 0 Å². The van der Waals surface area contributed by atoms with Crippen LogP contribution in [0, 0.1) is 6.92 Å². The number of hydrogen-bond acceptors (Lipinski definition) is 4. The average molecular weight is 457 g/mol. The number of benzene rings is 3. The van der Waals surface area contributed by atoms with Gasteiger partial charge in [-0.25, -0.2) is 4.98 Å². The number of rotatable bonds is 7. The van der Waals surface area contributed by atoms with E-state index in [2.05, 4.69) is 54.7 Å². The lowest BCUT2D eigenvalue weighted by Crippen LogP contribution is -2.01. The van der Waals surface area contributed by atoms with Crippen LogP contribution in [0.5, 0.6) is 5.75 Å². The van der Waals surface area contributed by atoms with E-state index in [1.165, 1.54) is 10.3 Å².